The molecule has 3 aliphatic carbocycles. The second-order valence-electron chi connectivity index (χ2n) is 9.67. The van der Waals surface area contributed by atoms with E-state index in [4.69, 9.17) is 0 Å². The summed E-state index contributed by atoms with van der Waals surface area (Å²) in [6, 6.07) is 0.433. The van der Waals surface area contributed by atoms with E-state index < -0.39 is 0 Å². The molecule has 3 saturated carbocycles. The lowest BCUT2D eigenvalue weighted by molar-refractivity contribution is -0.167. The van der Waals surface area contributed by atoms with Gasteiger partial charge in [-0.15, -0.1) is 0 Å². The van der Waals surface area contributed by atoms with E-state index >= 15 is 0 Å². The molecular formula is C20H33NO2. The molecule has 4 fully saturated rings. The highest BCUT2D eigenvalue weighted by molar-refractivity contribution is 5.79. The molecule has 0 unspecified atom stereocenters. The van der Waals surface area contributed by atoms with Gasteiger partial charge in [0.15, 0.2) is 0 Å². The molecule has 0 aromatic heterocycles. The fourth-order valence-electron chi connectivity index (χ4n) is 7.58. The Morgan fingerprint density at radius 2 is 1.74 bits per heavy atom. The molecule has 1 heterocycles. The highest BCUT2D eigenvalue weighted by Gasteiger charge is 2.61. The summed E-state index contributed by atoms with van der Waals surface area (Å²) >= 11 is 0. The Labute approximate surface area is 140 Å². The van der Waals surface area contributed by atoms with Crippen molar-refractivity contribution in [2.45, 2.75) is 77.9 Å². The van der Waals surface area contributed by atoms with Gasteiger partial charge in [-0.1, -0.05) is 20.8 Å². The van der Waals surface area contributed by atoms with Crippen molar-refractivity contribution < 1.29 is 9.90 Å². The minimum absolute atomic E-state index is 0.0893. The second kappa shape index (κ2) is 4.97. The second-order valence-corrected chi connectivity index (χ2v) is 9.67. The lowest BCUT2D eigenvalue weighted by atomic mass is 9.47. The van der Waals surface area contributed by atoms with Crippen LogP contribution in [-0.4, -0.2) is 35.1 Å². The number of amides is 1. The molecule has 0 spiro atoms. The summed E-state index contributed by atoms with van der Waals surface area (Å²) in [5.74, 6) is 2.72. The van der Waals surface area contributed by atoms with Crippen LogP contribution in [0.25, 0.3) is 0 Å². The van der Waals surface area contributed by atoms with E-state index in [1.165, 1.54) is 25.7 Å². The number of carbonyl (C=O) groups excluding carboxylic acids is 1. The molecule has 130 valence electrons. The van der Waals surface area contributed by atoms with Crippen LogP contribution in [0.3, 0.4) is 0 Å². The zero-order chi connectivity index (χ0) is 16.6. The Kier molecular flexibility index (Phi) is 3.44. The zero-order valence-corrected chi connectivity index (χ0v) is 15.2. The Morgan fingerprint density at radius 1 is 1.04 bits per heavy atom. The third-order valence-corrected chi connectivity index (χ3v) is 8.75. The van der Waals surface area contributed by atoms with E-state index in [-0.39, 0.29) is 22.9 Å². The number of rotatable bonds is 0. The summed E-state index contributed by atoms with van der Waals surface area (Å²) in [7, 11) is 2.04. The van der Waals surface area contributed by atoms with Gasteiger partial charge >= 0.3 is 0 Å². The van der Waals surface area contributed by atoms with E-state index in [9.17, 15) is 9.90 Å². The maximum absolute atomic E-state index is 12.5. The first-order valence-corrected chi connectivity index (χ1v) is 9.74. The van der Waals surface area contributed by atoms with E-state index in [0.717, 1.165) is 31.1 Å². The fraction of sp³-hybridized carbons (Fsp3) is 0.950. The molecule has 1 N–H and O–H groups in total. The predicted octanol–water partition coefficient (Wildman–Crippen LogP) is 3.46. The highest BCUT2D eigenvalue weighted by atomic mass is 16.3. The summed E-state index contributed by atoms with van der Waals surface area (Å²) in [4.78, 5) is 14.5. The number of carbonyl (C=O) groups is 1. The van der Waals surface area contributed by atoms with Gasteiger partial charge in [0.1, 0.15) is 0 Å². The SMILES string of the molecule is C[C@@H]1C[C@]2(C)[C@H]3CC[C@]4(C)[C@H](O)CC[C@H]4[C@@H]3CC[C@H]2N(C)C1=O. The Morgan fingerprint density at radius 3 is 2.48 bits per heavy atom. The normalized spacial score (nSPS) is 56.0. The molecule has 4 aliphatic rings. The van der Waals surface area contributed by atoms with E-state index in [2.05, 4.69) is 25.7 Å². The van der Waals surface area contributed by atoms with Gasteiger partial charge in [0.25, 0.3) is 0 Å². The van der Waals surface area contributed by atoms with Crippen molar-refractivity contribution in [1.82, 2.24) is 4.90 Å². The maximum Gasteiger partial charge on any atom is 0.225 e. The van der Waals surface area contributed by atoms with Gasteiger partial charge < -0.3 is 10.0 Å². The van der Waals surface area contributed by atoms with E-state index in [1.807, 2.05) is 7.05 Å². The first-order chi connectivity index (χ1) is 10.8. The van der Waals surface area contributed by atoms with Gasteiger partial charge in [-0.3, -0.25) is 4.79 Å². The van der Waals surface area contributed by atoms with Gasteiger partial charge in [0.05, 0.1) is 6.10 Å². The molecule has 1 aliphatic heterocycles. The third kappa shape index (κ3) is 1.95. The molecular weight excluding hydrogens is 286 g/mol. The lowest BCUT2D eigenvalue weighted by Gasteiger charge is -2.62. The van der Waals surface area contributed by atoms with Crippen molar-refractivity contribution in [2.75, 3.05) is 7.05 Å². The van der Waals surface area contributed by atoms with Crippen LogP contribution in [0.4, 0.5) is 0 Å². The molecule has 4 rings (SSSR count). The minimum Gasteiger partial charge on any atom is -0.393 e. The van der Waals surface area contributed by atoms with Crippen LogP contribution in [0.15, 0.2) is 0 Å². The van der Waals surface area contributed by atoms with Crippen LogP contribution in [0, 0.1) is 34.5 Å². The predicted molar refractivity (Wildman–Crippen MR) is 90.7 cm³/mol. The summed E-state index contributed by atoms with van der Waals surface area (Å²) in [5.41, 5.74) is 0.437. The van der Waals surface area contributed by atoms with E-state index in [1.54, 1.807) is 0 Å². The summed E-state index contributed by atoms with van der Waals surface area (Å²) in [6.45, 7) is 6.94. The van der Waals surface area contributed by atoms with Crippen molar-refractivity contribution in [3.8, 4) is 0 Å². The molecule has 0 bridgehead atoms. The molecule has 3 heteroatoms. The number of hydrogen-bond donors (Lipinski definition) is 1. The molecule has 1 amide bonds. The van der Waals surface area contributed by atoms with Crippen molar-refractivity contribution in [1.29, 1.82) is 0 Å². The van der Waals surface area contributed by atoms with Gasteiger partial charge in [-0.2, -0.15) is 0 Å². The standard InChI is InChI=1S/C20H33NO2/c1-12-11-20(3)15-9-10-19(2)14(6-8-17(19)22)13(15)5-7-16(20)21(4)18(12)23/h12-17,22H,5-11H2,1-4H3/t12-,13+,14+,15+,16-,17-,19+,20-/m1/s1. The molecule has 0 aromatic rings. The molecule has 1 saturated heterocycles. The number of piperidine rings is 1. The Hall–Kier alpha value is -0.570. The largest absolute Gasteiger partial charge is 0.393 e. The first-order valence-electron chi connectivity index (χ1n) is 9.74. The molecule has 23 heavy (non-hydrogen) atoms. The first kappa shape index (κ1) is 15.9. The molecule has 8 atom stereocenters. The third-order valence-electron chi connectivity index (χ3n) is 8.75. The van der Waals surface area contributed by atoms with Gasteiger partial charge in [-0.25, -0.2) is 0 Å². The average molecular weight is 319 g/mol. The number of aliphatic hydroxyl groups excluding tert-OH is 1. The lowest BCUT2D eigenvalue weighted by Crippen LogP contribution is -2.63. The number of hydrogen-bond acceptors (Lipinski definition) is 2. The fourth-order valence-corrected chi connectivity index (χ4v) is 7.58. The summed E-state index contributed by atoms with van der Waals surface area (Å²) in [6.07, 6.45) is 8.02. The number of fused-ring (bicyclic) bond motifs is 5. The minimum atomic E-state index is -0.0893. The molecule has 3 nitrogen and oxygen atoms in total. The number of nitrogens with zero attached hydrogens (tertiary/aromatic N) is 1. The molecule has 0 radical (unpaired) electrons. The number of likely N-dealkylation sites (tertiary alicyclic amines) is 1. The smallest absolute Gasteiger partial charge is 0.225 e. The Bertz CT molecular complexity index is 520. The van der Waals surface area contributed by atoms with Crippen LogP contribution in [0.1, 0.15) is 65.7 Å². The van der Waals surface area contributed by atoms with Crippen LogP contribution in [0.2, 0.25) is 0 Å². The van der Waals surface area contributed by atoms with Gasteiger partial charge in [0, 0.05) is 19.0 Å². The average Bonchev–Trinajstić information content (AvgIpc) is 2.80. The van der Waals surface area contributed by atoms with Crippen molar-refractivity contribution >= 4 is 5.91 Å². The number of aliphatic hydroxyl groups is 1. The van der Waals surface area contributed by atoms with Crippen molar-refractivity contribution in [3.05, 3.63) is 0 Å². The van der Waals surface area contributed by atoms with Crippen LogP contribution in [0.5, 0.6) is 0 Å². The van der Waals surface area contributed by atoms with Crippen LogP contribution < -0.4 is 0 Å². The van der Waals surface area contributed by atoms with Crippen LogP contribution in [-0.2, 0) is 4.79 Å². The van der Waals surface area contributed by atoms with Crippen molar-refractivity contribution in [2.24, 2.45) is 34.5 Å². The topological polar surface area (TPSA) is 40.5 Å². The quantitative estimate of drug-likeness (QED) is 0.743. The molecule has 0 aromatic carbocycles. The van der Waals surface area contributed by atoms with E-state index in [0.29, 0.717) is 17.9 Å². The van der Waals surface area contributed by atoms with Crippen molar-refractivity contribution in [3.63, 3.8) is 0 Å². The van der Waals surface area contributed by atoms with Gasteiger partial charge in [-0.05, 0) is 73.5 Å². The zero-order valence-electron chi connectivity index (χ0n) is 15.2. The van der Waals surface area contributed by atoms with Gasteiger partial charge in [0.2, 0.25) is 5.91 Å². The van der Waals surface area contributed by atoms with Crippen LogP contribution >= 0.6 is 0 Å². The summed E-state index contributed by atoms with van der Waals surface area (Å²) in [5, 5.41) is 10.5. The Balaban J connectivity index is 1.67. The summed E-state index contributed by atoms with van der Waals surface area (Å²) < 4.78 is 0. The highest BCUT2D eigenvalue weighted by Crippen LogP contribution is 2.64. The maximum atomic E-state index is 12.5. The monoisotopic (exact) mass is 319 g/mol.